The molecule has 0 saturated carbocycles. The van der Waals surface area contributed by atoms with Crippen molar-refractivity contribution in [2.45, 2.75) is 32.1 Å². The average Bonchev–Trinajstić information content (AvgIpc) is 2.22. The van der Waals surface area contributed by atoms with E-state index in [9.17, 15) is 0 Å². The summed E-state index contributed by atoms with van der Waals surface area (Å²) in [4.78, 5) is 7.24. The van der Waals surface area contributed by atoms with Crippen LogP contribution in [0.1, 0.15) is 23.7 Å². The fourth-order valence-corrected chi connectivity index (χ4v) is 2.47. The highest BCUT2D eigenvalue weighted by molar-refractivity contribution is 9.09. The number of hydrogen-bond acceptors (Lipinski definition) is 3. The Morgan fingerprint density at radius 2 is 2.12 bits per heavy atom. The predicted molar refractivity (Wildman–Crippen MR) is 75.0 cm³/mol. The molecule has 0 saturated heterocycles. The van der Waals surface area contributed by atoms with Crippen LogP contribution in [0.5, 0.6) is 5.75 Å². The molecule has 1 aromatic rings. The van der Waals surface area contributed by atoms with Gasteiger partial charge in [-0.1, -0.05) is 22.9 Å². The van der Waals surface area contributed by atoms with E-state index in [2.05, 4.69) is 46.7 Å². The maximum Gasteiger partial charge on any atom is 0.128 e. The molecule has 0 fully saturated rings. The van der Waals surface area contributed by atoms with Gasteiger partial charge in [0.1, 0.15) is 5.75 Å². The molecule has 1 aromatic heterocycles. The molecule has 17 heavy (non-hydrogen) atoms. The summed E-state index contributed by atoms with van der Waals surface area (Å²) in [5.74, 6) is 0.954. The largest absolute Gasteiger partial charge is 0.496 e. The molecule has 1 rings (SSSR count). The first-order valence-corrected chi connectivity index (χ1v) is 6.69. The number of aryl methyl sites for hydroxylation is 1. The van der Waals surface area contributed by atoms with Crippen LogP contribution in [0.2, 0.25) is 0 Å². The van der Waals surface area contributed by atoms with E-state index in [1.165, 1.54) is 0 Å². The topological polar surface area (TPSA) is 25.4 Å². The second-order valence-corrected chi connectivity index (χ2v) is 6.09. The lowest BCUT2D eigenvalue weighted by Gasteiger charge is -2.20. The van der Waals surface area contributed by atoms with Crippen molar-refractivity contribution >= 4 is 15.9 Å². The van der Waals surface area contributed by atoms with Gasteiger partial charge in [0.25, 0.3) is 0 Å². The van der Waals surface area contributed by atoms with Crippen LogP contribution in [0.25, 0.3) is 0 Å². The molecule has 96 valence electrons. The second-order valence-electron chi connectivity index (χ2n) is 4.52. The molecule has 0 aromatic carbocycles. The van der Waals surface area contributed by atoms with Gasteiger partial charge >= 0.3 is 0 Å². The Morgan fingerprint density at radius 3 is 2.65 bits per heavy atom. The van der Waals surface area contributed by atoms with E-state index in [1.54, 1.807) is 7.11 Å². The highest BCUT2D eigenvalue weighted by Gasteiger charge is 2.12. The molecular weight excluding hydrogens is 280 g/mol. The predicted octanol–water partition coefficient (Wildman–Crippen LogP) is 2.92. The summed E-state index contributed by atoms with van der Waals surface area (Å²) in [5, 5.41) is 0. The lowest BCUT2D eigenvalue weighted by atomic mass is 10.1. The van der Waals surface area contributed by atoms with Crippen LogP contribution in [0.3, 0.4) is 0 Å². The van der Waals surface area contributed by atoms with Gasteiger partial charge in [0, 0.05) is 35.2 Å². The third-order valence-electron chi connectivity index (χ3n) is 2.73. The molecule has 0 radical (unpaired) electrons. The molecule has 4 heteroatoms. The van der Waals surface area contributed by atoms with Crippen LogP contribution < -0.4 is 4.74 Å². The number of rotatable bonds is 5. The molecule has 3 nitrogen and oxygen atoms in total. The highest BCUT2D eigenvalue weighted by atomic mass is 79.9. The first-order valence-electron chi connectivity index (χ1n) is 5.77. The fraction of sp³-hybridized carbons (Fsp3) is 0.615. The number of alkyl halides is 1. The van der Waals surface area contributed by atoms with Gasteiger partial charge in [-0.15, -0.1) is 0 Å². The molecule has 1 atom stereocenters. The molecule has 0 aliphatic heterocycles. The Labute approximate surface area is 112 Å². The summed E-state index contributed by atoms with van der Waals surface area (Å²) >= 11 is 3.56. The standard InChI is InChI=1S/C13H21BrN2O/c1-9-6-15-12(11(3)13(9)17-5)8-16(4)7-10(2)14/h6,10H,7-8H2,1-5H3. The minimum absolute atomic E-state index is 0.486. The van der Waals surface area contributed by atoms with E-state index in [4.69, 9.17) is 4.74 Å². The zero-order valence-electron chi connectivity index (χ0n) is 11.2. The van der Waals surface area contributed by atoms with Crippen molar-refractivity contribution in [1.82, 2.24) is 9.88 Å². The number of aromatic nitrogens is 1. The Kier molecular flexibility index (Phi) is 5.40. The van der Waals surface area contributed by atoms with Crippen LogP contribution in [0.4, 0.5) is 0 Å². The SMILES string of the molecule is COc1c(C)cnc(CN(C)CC(C)Br)c1C. The molecule has 1 heterocycles. The Bertz CT molecular complexity index is 380. The van der Waals surface area contributed by atoms with Crippen LogP contribution in [-0.4, -0.2) is 35.4 Å². The van der Waals surface area contributed by atoms with Crippen LogP contribution in [-0.2, 0) is 6.54 Å². The monoisotopic (exact) mass is 300 g/mol. The van der Waals surface area contributed by atoms with Gasteiger partial charge in [0.2, 0.25) is 0 Å². The molecule has 0 amide bonds. The van der Waals surface area contributed by atoms with Gasteiger partial charge in [0.15, 0.2) is 0 Å². The summed E-state index contributed by atoms with van der Waals surface area (Å²) in [6, 6.07) is 0. The summed E-state index contributed by atoms with van der Waals surface area (Å²) in [6.07, 6.45) is 1.88. The van der Waals surface area contributed by atoms with Crippen LogP contribution >= 0.6 is 15.9 Å². The summed E-state index contributed by atoms with van der Waals surface area (Å²) in [6.45, 7) is 8.08. The lowest BCUT2D eigenvalue weighted by molar-refractivity contribution is 0.326. The lowest BCUT2D eigenvalue weighted by Crippen LogP contribution is -2.25. The quantitative estimate of drug-likeness (QED) is 0.782. The van der Waals surface area contributed by atoms with Gasteiger partial charge in [-0.3, -0.25) is 9.88 Å². The van der Waals surface area contributed by atoms with Crippen molar-refractivity contribution in [2.24, 2.45) is 0 Å². The summed E-state index contributed by atoms with van der Waals surface area (Å²) < 4.78 is 5.41. The van der Waals surface area contributed by atoms with Crippen molar-refractivity contribution in [3.8, 4) is 5.75 Å². The maximum atomic E-state index is 5.41. The molecule has 0 aliphatic carbocycles. The number of halogens is 1. The minimum atomic E-state index is 0.486. The number of pyridine rings is 1. The highest BCUT2D eigenvalue weighted by Crippen LogP contribution is 2.24. The molecule has 0 bridgehead atoms. The number of hydrogen-bond donors (Lipinski definition) is 0. The maximum absolute atomic E-state index is 5.41. The summed E-state index contributed by atoms with van der Waals surface area (Å²) in [5.41, 5.74) is 3.31. The smallest absolute Gasteiger partial charge is 0.128 e. The van der Waals surface area contributed by atoms with Gasteiger partial charge < -0.3 is 4.74 Å². The zero-order chi connectivity index (χ0) is 13.0. The molecular formula is C13H21BrN2O. The van der Waals surface area contributed by atoms with Gasteiger partial charge in [0.05, 0.1) is 12.8 Å². The molecule has 0 spiro atoms. The second kappa shape index (κ2) is 6.36. The van der Waals surface area contributed by atoms with Crippen molar-refractivity contribution in [1.29, 1.82) is 0 Å². The third-order valence-corrected chi connectivity index (χ3v) is 3.02. The Morgan fingerprint density at radius 1 is 1.47 bits per heavy atom. The van der Waals surface area contributed by atoms with Crippen molar-refractivity contribution in [3.63, 3.8) is 0 Å². The molecule has 0 aliphatic rings. The Hall–Kier alpha value is -0.610. The van der Waals surface area contributed by atoms with Gasteiger partial charge in [-0.05, 0) is 20.9 Å². The van der Waals surface area contributed by atoms with E-state index in [-0.39, 0.29) is 0 Å². The van der Waals surface area contributed by atoms with Crippen molar-refractivity contribution < 1.29 is 4.74 Å². The normalized spacial score (nSPS) is 12.9. The minimum Gasteiger partial charge on any atom is -0.496 e. The summed E-state index contributed by atoms with van der Waals surface area (Å²) in [7, 11) is 3.81. The average molecular weight is 301 g/mol. The van der Waals surface area contributed by atoms with E-state index in [0.29, 0.717) is 4.83 Å². The van der Waals surface area contributed by atoms with E-state index in [1.807, 2.05) is 13.1 Å². The first kappa shape index (κ1) is 14.5. The van der Waals surface area contributed by atoms with Crippen LogP contribution in [0.15, 0.2) is 6.20 Å². The number of methoxy groups -OCH3 is 1. The van der Waals surface area contributed by atoms with Gasteiger partial charge in [-0.25, -0.2) is 0 Å². The fourth-order valence-electron chi connectivity index (χ4n) is 1.98. The molecule has 1 unspecified atom stereocenters. The van der Waals surface area contributed by atoms with E-state index >= 15 is 0 Å². The zero-order valence-corrected chi connectivity index (χ0v) is 12.8. The van der Waals surface area contributed by atoms with Crippen molar-refractivity contribution in [2.75, 3.05) is 20.7 Å². The molecule has 0 N–H and O–H groups in total. The first-order chi connectivity index (χ1) is 7.95. The van der Waals surface area contributed by atoms with Crippen molar-refractivity contribution in [3.05, 3.63) is 23.0 Å². The van der Waals surface area contributed by atoms with Gasteiger partial charge in [-0.2, -0.15) is 0 Å². The number of ether oxygens (including phenoxy) is 1. The number of nitrogens with zero attached hydrogens (tertiary/aromatic N) is 2. The van der Waals surface area contributed by atoms with E-state index < -0.39 is 0 Å². The van der Waals surface area contributed by atoms with Crippen LogP contribution in [0, 0.1) is 13.8 Å². The third kappa shape index (κ3) is 3.96. The Balaban J connectivity index is 2.85. The van der Waals surface area contributed by atoms with E-state index in [0.717, 1.165) is 35.7 Å².